The summed E-state index contributed by atoms with van der Waals surface area (Å²) in [5, 5.41) is 46.0. The van der Waals surface area contributed by atoms with Gasteiger partial charge in [-0.05, 0) is 93.6 Å². The molecule has 6 aliphatic rings. The first-order valence-electron chi connectivity index (χ1n) is 17.5. The smallest absolute Gasteiger partial charge is 0.331 e. The molecule has 0 unspecified atom stereocenters. The van der Waals surface area contributed by atoms with E-state index in [-0.39, 0.29) is 41.7 Å². The molecule has 46 heavy (non-hydrogen) atoms. The van der Waals surface area contributed by atoms with E-state index < -0.39 is 41.2 Å². The Morgan fingerprint density at radius 3 is 2.54 bits per heavy atom. The summed E-state index contributed by atoms with van der Waals surface area (Å²) >= 11 is 0. The maximum atomic E-state index is 12.7. The van der Waals surface area contributed by atoms with E-state index in [1.54, 1.807) is 13.0 Å². The van der Waals surface area contributed by atoms with E-state index in [2.05, 4.69) is 25.3 Å². The molecule has 4 N–H and O–H groups in total. The fourth-order valence-electron chi connectivity index (χ4n) is 10.9. The van der Waals surface area contributed by atoms with Crippen LogP contribution in [0.4, 0.5) is 0 Å². The second-order valence-electron chi connectivity index (χ2n) is 15.5. The van der Waals surface area contributed by atoms with Crippen molar-refractivity contribution in [1.82, 2.24) is 0 Å². The molecule has 1 aromatic rings. The lowest BCUT2D eigenvalue weighted by Gasteiger charge is -2.66. The normalized spacial score (nSPS) is 47.2. The molecule has 0 radical (unpaired) electrons. The van der Waals surface area contributed by atoms with Crippen LogP contribution in [0.2, 0.25) is 0 Å². The van der Waals surface area contributed by atoms with Crippen LogP contribution in [0.5, 0.6) is 0 Å². The van der Waals surface area contributed by atoms with Gasteiger partial charge in [-0.2, -0.15) is 0 Å². The molecule has 12 atom stereocenters. The number of aliphatic hydroxyl groups excluding tert-OH is 2. The van der Waals surface area contributed by atoms with Crippen molar-refractivity contribution in [3.63, 3.8) is 0 Å². The van der Waals surface area contributed by atoms with E-state index in [0.29, 0.717) is 51.7 Å². The molecule has 4 aliphatic carbocycles. The van der Waals surface area contributed by atoms with Gasteiger partial charge in [0.2, 0.25) is 0 Å². The molecule has 1 aromatic carbocycles. The Morgan fingerprint density at radius 2 is 1.80 bits per heavy atom. The van der Waals surface area contributed by atoms with Gasteiger partial charge in [-0.15, -0.1) is 0 Å². The molecule has 5 fully saturated rings. The number of nitrogens with zero attached hydrogens (tertiary/aromatic N) is 1. The van der Waals surface area contributed by atoms with Crippen LogP contribution in [0.15, 0.2) is 47.0 Å². The third-order valence-electron chi connectivity index (χ3n) is 13.3. The first-order valence-corrected chi connectivity index (χ1v) is 17.5. The Bertz CT molecular complexity index is 1340. The molecule has 2 heterocycles. The van der Waals surface area contributed by atoms with E-state index in [1.165, 1.54) is 5.56 Å². The third-order valence-corrected chi connectivity index (χ3v) is 13.3. The number of rotatable bonds is 7. The fourth-order valence-corrected chi connectivity index (χ4v) is 10.9. The summed E-state index contributed by atoms with van der Waals surface area (Å²) in [5.74, 6) is -0.110. The minimum atomic E-state index is -1.07. The van der Waals surface area contributed by atoms with E-state index in [1.807, 2.05) is 18.2 Å². The number of benzene rings is 1. The van der Waals surface area contributed by atoms with E-state index in [4.69, 9.17) is 19.2 Å². The highest BCUT2D eigenvalue weighted by molar-refractivity contribution is 5.85. The van der Waals surface area contributed by atoms with Gasteiger partial charge in [0.05, 0.1) is 29.5 Å². The summed E-state index contributed by atoms with van der Waals surface area (Å²) in [5.41, 5.74) is -0.707. The van der Waals surface area contributed by atoms with Crippen LogP contribution in [0.3, 0.4) is 0 Å². The molecule has 4 saturated carbocycles. The van der Waals surface area contributed by atoms with Crippen molar-refractivity contribution in [1.29, 1.82) is 0 Å². The zero-order chi connectivity index (χ0) is 32.3. The van der Waals surface area contributed by atoms with Crippen LogP contribution in [0.1, 0.15) is 83.6 Å². The van der Waals surface area contributed by atoms with Crippen LogP contribution in [0, 0.1) is 28.6 Å². The highest BCUT2D eigenvalue weighted by Crippen LogP contribution is 2.70. The topological polar surface area (TPSA) is 138 Å². The second kappa shape index (κ2) is 12.1. The molecule has 2 aliphatic heterocycles. The number of fused-ring (bicyclic) bond motifs is 5. The van der Waals surface area contributed by atoms with Gasteiger partial charge in [0.1, 0.15) is 12.7 Å². The summed E-state index contributed by atoms with van der Waals surface area (Å²) in [6.07, 6.45) is 7.68. The molecule has 0 spiro atoms. The average molecular weight is 638 g/mol. The lowest BCUT2D eigenvalue weighted by atomic mass is 9.41. The van der Waals surface area contributed by atoms with E-state index >= 15 is 0 Å². The van der Waals surface area contributed by atoms with Crippen LogP contribution < -0.4 is 0 Å². The molecule has 0 aromatic heterocycles. The first kappa shape index (κ1) is 32.4. The standard InChI is InChI=1S/C37H51NO8/c1-23-33(41)30(39)19-32(45-23)46-26-8-14-35(22-38-17-12-24-6-4-3-5-7-24)28-9-13-34(2)27(25-18-31(40)44-21-25)11-16-37(34,43)29(28)10-15-36(35,42)20-26/h3-7,18,22-23,26-30,32-33,39,41-43H,8-17,19-21H2,1-2H3/t23-,26+,27+,28-,29+,30-,32+,33+,34-,35+,36-,37+/m1/s1. The minimum absolute atomic E-state index is 0.00681. The monoisotopic (exact) mass is 637 g/mol. The number of esters is 1. The Morgan fingerprint density at radius 1 is 1.02 bits per heavy atom. The highest BCUT2D eigenvalue weighted by Gasteiger charge is 2.71. The Labute approximate surface area is 272 Å². The van der Waals surface area contributed by atoms with Gasteiger partial charge < -0.3 is 34.6 Å². The quantitative estimate of drug-likeness (QED) is 0.201. The van der Waals surface area contributed by atoms with Gasteiger partial charge in [0.25, 0.3) is 0 Å². The van der Waals surface area contributed by atoms with E-state index in [0.717, 1.165) is 31.3 Å². The second-order valence-corrected chi connectivity index (χ2v) is 15.5. The molecular weight excluding hydrogens is 586 g/mol. The predicted octanol–water partition coefficient (Wildman–Crippen LogP) is 3.89. The van der Waals surface area contributed by atoms with Crippen molar-refractivity contribution in [2.24, 2.45) is 33.6 Å². The van der Waals surface area contributed by atoms with Gasteiger partial charge in [-0.3, -0.25) is 4.99 Å². The summed E-state index contributed by atoms with van der Waals surface area (Å²) in [7, 11) is 0. The Hall–Kier alpha value is -2.14. The third kappa shape index (κ3) is 5.21. The van der Waals surface area contributed by atoms with Crippen molar-refractivity contribution in [2.45, 2.75) is 126 Å². The van der Waals surface area contributed by atoms with Crippen LogP contribution in [-0.4, -0.2) is 87.7 Å². The number of aliphatic hydroxyl groups is 4. The number of hydrogen-bond donors (Lipinski definition) is 4. The lowest BCUT2D eigenvalue weighted by molar-refractivity contribution is -0.282. The van der Waals surface area contributed by atoms with Crippen molar-refractivity contribution in [3.8, 4) is 0 Å². The predicted molar refractivity (Wildman–Crippen MR) is 171 cm³/mol. The summed E-state index contributed by atoms with van der Waals surface area (Å²) < 4.78 is 17.6. The number of hydrogen-bond acceptors (Lipinski definition) is 9. The molecule has 9 nitrogen and oxygen atoms in total. The van der Waals surface area contributed by atoms with Crippen LogP contribution >= 0.6 is 0 Å². The van der Waals surface area contributed by atoms with Gasteiger partial charge in [0.15, 0.2) is 6.29 Å². The van der Waals surface area contributed by atoms with Crippen molar-refractivity contribution < 1.29 is 39.4 Å². The lowest BCUT2D eigenvalue weighted by Crippen LogP contribution is -2.69. The van der Waals surface area contributed by atoms with Gasteiger partial charge >= 0.3 is 5.97 Å². The zero-order valence-corrected chi connectivity index (χ0v) is 27.2. The van der Waals surface area contributed by atoms with Crippen LogP contribution in [0.25, 0.3) is 0 Å². The number of ether oxygens (including phenoxy) is 3. The number of carbonyl (C=O) groups excluding carboxylic acids is 1. The summed E-state index contributed by atoms with van der Waals surface area (Å²) in [6.45, 7) is 4.90. The first-order chi connectivity index (χ1) is 22.0. The molecule has 7 rings (SSSR count). The van der Waals surface area contributed by atoms with Gasteiger partial charge in [0, 0.05) is 42.5 Å². The Balaban J connectivity index is 1.16. The number of cyclic esters (lactones) is 1. The average Bonchev–Trinajstić information content (AvgIpc) is 3.58. The van der Waals surface area contributed by atoms with Crippen molar-refractivity contribution in [3.05, 3.63) is 47.5 Å². The largest absolute Gasteiger partial charge is 0.458 e. The fraction of sp³-hybridized carbons (Fsp3) is 0.730. The minimum Gasteiger partial charge on any atom is -0.458 e. The number of aliphatic imine (C=N–C) groups is 1. The van der Waals surface area contributed by atoms with Gasteiger partial charge in [-0.1, -0.05) is 37.3 Å². The molecule has 252 valence electrons. The molecule has 1 saturated heterocycles. The van der Waals surface area contributed by atoms with Crippen molar-refractivity contribution >= 4 is 12.2 Å². The summed E-state index contributed by atoms with van der Waals surface area (Å²) in [6, 6.07) is 10.3. The highest BCUT2D eigenvalue weighted by atomic mass is 16.7. The maximum absolute atomic E-state index is 12.7. The SMILES string of the molecule is C[C@H]1O[C@@H](O[C@H]2CC[C@]3(C=NCCc4ccccc4)[C@@H]4CC[C@]5(C)[C@H](C6=CC(=O)OC6)CC[C@]5(O)[C@H]4CC[C@@]3(O)C2)C[C@@H](O)[C@H]1O. The molecule has 0 amide bonds. The molecule has 9 heteroatoms. The summed E-state index contributed by atoms with van der Waals surface area (Å²) in [4.78, 5) is 17.0. The van der Waals surface area contributed by atoms with E-state index in [9.17, 15) is 25.2 Å². The zero-order valence-electron chi connectivity index (χ0n) is 27.2. The van der Waals surface area contributed by atoms with Crippen molar-refractivity contribution in [2.75, 3.05) is 13.2 Å². The number of carbonyl (C=O) groups is 1. The Kier molecular flexibility index (Phi) is 8.51. The molecular formula is C37H51NO8. The van der Waals surface area contributed by atoms with Gasteiger partial charge in [-0.25, -0.2) is 4.79 Å². The van der Waals surface area contributed by atoms with Crippen LogP contribution in [-0.2, 0) is 25.4 Å². The maximum Gasteiger partial charge on any atom is 0.331 e. The molecule has 0 bridgehead atoms.